The van der Waals surface area contributed by atoms with Gasteiger partial charge in [0.15, 0.2) is 12.6 Å². The zero-order chi connectivity index (χ0) is 20.0. The van der Waals surface area contributed by atoms with Crippen LogP contribution in [0.15, 0.2) is 42.5 Å². The van der Waals surface area contributed by atoms with Crippen molar-refractivity contribution in [2.75, 3.05) is 13.2 Å². The summed E-state index contributed by atoms with van der Waals surface area (Å²) >= 11 is 0. The predicted molar refractivity (Wildman–Crippen MR) is 101 cm³/mol. The van der Waals surface area contributed by atoms with Crippen LogP contribution in [0.25, 0.3) is 0 Å². The second-order valence-corrected chi connectivity index (χ2v) is 6.36. The lowest BCUT2D eigenvalue weighted by molar-refractivity contribution is -0.145. The minimum atomic E-state index is -1.24. The molecule has 0 unspecified atom stereocenters. The highest BCUT2D eigenvalue weighted by Gasteiger charge is 2.23. The smallest absolute Gasteiger partial charge is 0.331 e. The van der Waals surface area contributed by atoms with Gasteiger partial charge >= 0.3 is 5.97 Å². The summed E-state index contributed by atoms with van der Waals surface area (Å²) in [4.78, 5) is 36.6. The SMILES string of the molecule is Cc1cc(C)c(C(=O)COC(=O)[C@H](CO)NC(=O)c2ccccc2)cc1C. The Kier molecular flexibility index (Phi) is 6.85. The number of carbonyl (C=O) groups is 3. The lowest BCUT2D eigenvalue weighted by Crippen LogP contribution is -2.44. The highest BCUT2D eigenvalue weighted by atomic mass is 16.5. The molecule has 2 rings (SSSR count). The molecule has 0 radical (unpaired) electrons. The molecule has 2 aromatic carbocycles. The molecule has 0 bridgehead atoms. The molecule has 0 aliphatic heterocycles. The number of hydrogen-bond acceptors (Lipinski definition) is 5. The molecular formula is C21H23NO5. The molecule has 6 heteroatoms. The van der Waals surface area contributed by atoms with Gasteiger partial charge in [0, 0.05) is 11.1 Å². The van der Waals surface area contributed by atoms with Gasteiger partial charge in [0.05, 0.1) is 6.61 Å². The van der Waals surface area contributed by atoms with Crippen LogP contribution in [-0.2, 0) is 9.53 Å². The summed E-state index contributed by atoms with van der Waals surface area (Å²) < 4.78 is 5.01. The number of Topliss-reactive ketones (excluding diaryl/α,β-unsaturated/α-hetero) is 1. The van der Waals surface area contributed by atoms with E-state index in [2.05, 4.69) is 5.32 Å². The van der Waals surface area contributed by atoms with Crippen molar-refractivity contribution in [3.8, 4) is 0 Å². The van der Waals surface area contributed by atoms with Crippen molar-refractivity contribution in [2.45, 2.75) is 26.8 Å². The van der Waals surface area contributed by atoms with Crippen LogP contribution in [0.5, 0.6) is 0 Å². The van der Waals surface area contributed by atoms with Crippen molar-refractivity contribution in [1.29, 1.82) is 0 Å². The Morgan fingerprint density at radius 3 is 2.26 bits per heavy atom. The highest BCUT2D eigenvalue weighted by Crippen LogP contribution is 2.16. The molecule has 0 aliphatic rings. The summed E-state index contributed by atoms with van der Waals surface area (Å²) in [5.74, 6) is -1.71. The van der Waals surface area contributed by atoms with Crippen molar-refractivity contribution in [3.05, 3.63) is 70.3 Å². The number of ether oxygens (including phenoxy) is 1. The van der Waals surface area contributed by atoms with Gasteiger partial charge in [-0.2, -0.15) is 0 Å². The van der Waals surface area contributed by atoms with E-state index in [1.165, 1.54) is 0 Å². The van der Waals surface area contributed by atoms with Crippen LogP contribution in [0.2, 0.25) is 0 Å². The van der Waals surface area contributed by atoms with Crippen molar-refractivity contribution >= 4 is 17.7 Å². The van der Waals surface area contributed by atoms with Crippen molar-refractivity contribution in [3.63, 3.8) is 0 Å². The van der Waals surface area contributed by atoms with Crippen LogP contribution in [-0.4, -0.2) is 42.0 Å². The van der Waals surface area contributed by atoms with Gasteiger partial charge in [0.25, 0.3) is 5.91 Å². The first-order valence-corrected chi connectivity index (χ1v) is 8.58. The van der Waals surface area contributed by atoms with Gasteiger partial charge in [-0.15, -0.1) is 0 Å². The number of benzene rings is 2. The third kappa shape index (κ3) is 5.24. The first-order valence-electron chi connectivity index (χ1n) is 8.58. The van der Waals surface area contributed by atoms with E-state index in [0.717, 1.165) is 16.7 Å². The van der Waals surface area contributed by atoms with Crippen LogP contribution in [0.4, 0.5) is 0 Å². The molecule has 2 aromatic rings. The zero-order valence-corrected chi connectivity index (χ0v) is 15.6. The monoisotopic (exact) mass is 369 g/mol. The van der Waals surface area contributed by atoms with Crippen LogP contribution in [0.3, 0.4) is 0 Å². The number of hydrogen-bond donors (Lipinski definition) is 2. The Labute approximate surface area is 158 Å². The van der Waals surface area contributed by atoms with Gasteiger partial charge in [-0.05, 0) is 55.7 Å². The zero-order valence-electron chi connectivity index (χ0n) is 15.6. The van der Waals surface area contributed by atoms with Crippen LogP contribution in [0, 0.1) is 20.8 Å². The molecule has 0 saturated heterocycles. The number of carbonyl (C=O) groups excluding carboxylic acids is 3. The molecule has 6 nitrogen and oxygen atoms in total. The number of rotatable bonds is 7. The van der Waals surface area contributed by atoms with Gasteiger partial charge in [-0.3, -0.25) is 9.59 Å². The number of aliphatic hydroxyl groups is 1. The van der Waals surface area contributed by atoms with E-state index in [0.29, 0.717) is 11.1 Å². The van der Waals surface area contributed by atoms with Crippen LogP contribution < -0.4 is 5.32 Å². The Morgan fingerprint density at radius 1 is 1.00 bits per heavy atom. The fourth-order valence-electron chi connectivity index (χ4n) is 2.59. The second-order valence-electron chi connectivity index (χ2n) is 6.36. The summed E-state index contributed by atoms with van der Waals surface area (Å²) in [7, 11) is 0. The van der Waals surface area contributed by atoms with Gasteiger partial charge in [-0.25, -0.2) is 4.79 Å². The fourth-order valence-corrected chi connectivity index (χ4v) is 2.59. The molecule has 0 aromatic heterocycles. The Bertz CT molecular complexity index is 845. The lowest BCUT2D eigenvalue weighted by atomic mass is 9.98. The quantitative estimate of drug-likeness (QED) is 0.576. The summed E-state index contributed by atoms with van der Waals surface area (Å²) in [6.45, 7) is 4.59. The number of ketones is 1. The summed E-state index contributed by atoms with van der Waals surface area (Å²) in [6, 6.07) is 10.7. The first kappa shape index (κ1) is 20.3. The maximum absolute atomic E-state index is 12.4. The molecule has 0 heterocycles. The molecule has 142 valence electrons. The average Bonchev–Trinajstić information content (AvgIpc) is 2.67. The Balaban J connectivity index is 1.98. The van der Waals surface area contributed by atoms with Crippen molar-refractivity contribution in [1.82, 2.24) is 5.32 Å². The number of amides is 1. The topological polar surface area (TPSA) is 92.7 Å². The van der Waals surface area contributed by atoms with Crippen LogP contribution >= 0.6 is 0 Å². The van der Waals surface area contributed by atoms with Crippen molar-refractivity contribution < 1.29 is 24.2 Å². The normalized spacial score (nSPS) is 11.6. The molecule has 2 N–H and O–H groups in total. The minimum Gasteiger partial charge on any atom is -0.456 e. The number of nitrogens with one attached hydrogen (secondary N) is 1. The second kappa shape index (κ2) is 9.09. The van der Waals surface area contributed by atoms with E-state index >= 15 is 0 Å². The maximum atomic E-state index is 12.4. The molecule has 1 amide bonds. The molecule has 1 atom stereocenters. The molecule has 0 saturated carbocycles. The molecule has 0 spiro atoms. The van der Waals surface area contributed by atoms with E-state index in [-0.39, 0.29) is 5.78 Å². The van der Waals surface area contributed by atoms with Gasteiger partial charge in [0.2, 0.25) is 5.78 Å². The van der Waals surface area contributed by atoms with E-state index in [9.17, 15) is 19.5 Å². The molecule has 0 fully saturated rings. The highest BCUT2D eigenvalue weighted by molar-refractivity contribution is 6.00. The third-order valence-corrected chi connectivity index (χ3v) is 4.30. The van der Waals surface area contributed by atoms with E-state index in [4.69, 9.17) is 4.74 Å². The predicted octanol–water partition coefficient (Wildman–Crippen LogP) is 2.13. The van der Waals surface area contributed by atoms with Crippen molar-refractivity contribution in [2.24, 2.45) is 0 Å². The summed E-state index contributed by atoms with van der Waals surface area (Å²) in [6.07, 6.45) is 0. The minimum absolute atomic E-state index is 0.338. The summed E-state index contributed by atoms with van der Waals surface area (Å²) in [5, 5.41) is 11.8. The molecule has 0 aliphatic carbocycles. The number of aryl methyl sites for hydroxylation is 3. The Morgan fingerprint density at radius 2 is 1.63 bits per heavy atom. The van der Waals surface area contributed by atoms with Gasteiger partial charge < -0.3 is 15.2 Å². The van der Waals surface area contributed by atoms with Crippen LogP contribution in [0.1, 0.15) is 37.4 Å². The van der Waals surface area contributed by atoms with Gasteiger partial charge in [-0.1, -0.05) is 24.3 Å². The first-order chi connectivity index (χ1) is 12.8. The third-order valence-electron chi connectivity index (χ3n) is 4.30. The van der Waals surface area contributed by atoms with Gasteiger partial charge in [0.1, 0.15) is 0 Å². The number of esters is 1. The average molecular weight is 369 g/mol. The summed E-state index contributed by atoms with van der Waals surface area (Å²) in [5.41, 5.74) is 3.68. The number of aliphatic hydroxyl groups excluding tert-OH is 1. The molecule has 27 heavy (non-hydrogen) atoms. The largest absolute Gasteiger partial charge is 0.456 e. The van der Waals surface area contributed by atoms with E-state index in [1.807, 2.05) is 26.8 Å². The van der Waals surface area contributed by atoms with E-state index < -0.39 is 31.1 Å². The maximum Gasteiger partial charge on any atom is 0.331 e. The standard InChI is InChI=1S/C21H23NO5/c1-13-9-15(3)17(10-14(13)2)19(24)12-27-21(26)18(11-23)22-20(25)16-7-5-4-6-8-16/h4-10,18,23H,11-12H2,1-3H3,(H,22,25)/t18-/m0/s1. The lowest BCUT2D eigenvalue weighted by Gasteiger charge is -2.15. The Hall–Kier alpha value is -2.99. The molecular weight excluding hydrogens is 346 g/mol. The fraction of sp³-hybridized carbons (Fsp3) is 0.286. The van der Waals surface area contributed by atoms with E-state index in [1.54, 1.807) is 36.4 Å².